The molecular weight excluding hydrogens is 340 g/mol. The number of hydrogen-bond acceptors (Lipinski definition) is 4. The summed E-state index contributed by atoms with van der Waals surface area (Å²) >= 11 is 0. The minimum Gasteiger partial charge on any atom is -0.491 e. The lowest BCUT2D eigenvalue weighted by atomic mass is 10.2. The number of morpholine rings is 1. The summed E-state index contributed by atoms with van der Waals surface area (Å²) in [5, 5.41) is 5.15. The van der Waals surface area contributed by atoms with Gasteiger partial charge in [0.1, 0.15) is 12.4 Å². The third-order valence-corrected chi connectivity index (χ3v) is 4.49. The summed E-state index contributed by atoms with van der Waals surface area (Å²) < 4.78 is 39.6. The average Bonchev–Trinajstić information content (AvgIpc) is 3.10. The first kappa shape index (κ1) is 16.9. The van der Waals surface area contributed by atoms with E-state index in [4.69, 9.17) is 9.47 Å². The van der Waals surface area contributed by atoms with Crippen molar-refractivity contribution in [2.45, 2.75) is 0 Å². The number of ether oxygens (including phenoxy) is 2. The summed E-state index contributed by atoms with van der Waals surface area (Å²) in [5.41, 5.74) is 1.24. The van der Waals surface area contributed by atoms with Gasteiger partial charge in [-0.2, -0.15) is 5.10 Å². The van der Waals surface area contributed by atoms with E-state index in [1.807, 2.05) is 18.2 Å². The lowest BCUT2D eigenvalue weighted by Gasteiger charge is -2.26. The largest absolute Gasteiger partial charge is 0.491 e. The molecule has 0 atom stereocenters. The van der Waals surface area contributed by atoms with Gasteiger partial charge < -0.3 is 9.47 Å². The Bertz CT molecular complexity index is 907. The number of hydrogen-bond donors (Lipinski definition) is 0. The van der Waals surface area contributed by atoms with Crippen molar-refractivity contribution in [2.24, 2.45) is 0 Å². The Balaban J connectivity index is 1.53. The molecule has 1 aliphatic heterocycles. The van der Waals surface area contributed by atoms with E-state index < -0.39 is 11.6 Å². The summed E-state index contributed by atoms with van der Waals surface area (Å²) in [4.78, 5) is 2.30. The van der Waals surface area contributed by atoms with Crippen molar-refractivity contribution >= 4 is 10.9 Å². The zero-order valence-electron chi connectivity index (χ0n) is 14.2. The van der Waals surface area contributed by atoms with E-state index >= 15 is 0 Å². The SMILES string of the molecule is Fc1ccc(-n2ncc3c(OCCN4CCOCC4)cccc32)cc1F. The maximum absolute atomic E-state index is 13.5. The fraction of sp³-hybridized carbons (Fsp3) is 0.316. The number of benzene rings is 2. The van der Waals surface area contributed by atoms with E-state index in [1.54, 1.807) is 10.9 Å². The Morgan fingerprint density at radius 2 is 1.92 bits per heavy atom. The predicted molar refractivity (Wildman–Crippen MR) is 93.7 cm³/mol. The van der Waals surface area contributed by atoms with Crippen LogP contribution in [0.25, 0.3) is 16.6 Å². The molecule has 1 aliphatic rings. The number of nitrogens with zero attached hydrogens (tertiary/aromatic N) is 3. The molecule has 2 aromatic carbocycles. The van der Waals surface area contributed by atoms with Crippen molar-refractivity contribution in [1.82, 2.24) is 14.7 Å². The van der Waals surface area contributed by atoms with Gasteiger partial charge in [0.15, 0.2) is 11.6 Å². The summed E-state index contributed by atoms with van der Waals surface area (Å²) in [6.45, 7) is 4.75. The first-order valence-corrected chi connectivity index (χ1v) is 8.57. The first-order valence-electron chi connectivity index (χ1n) is 8.57. The molecule has 26 heavy (non-hydrogen) atoms. The van der Waals surface area contributed by atoms with Crippen LogP contribution in [-0.2, 0) is 4.74 Å². The summed E-state index contributed by atoms with van der Waals surface area (Å²) in [7, 11) is 0. The number of rotatable bonds is 5. The lowest BCUT2D eigenvalue weighted by molar-refractivity contribution is 0.0323. The molecule has 0 radical (unpaired) electrons. The molecule has 0 aliphatic carbocycles. The number of fused-ring (bicyclic) bond motifs is 1. The maximum Gasteiger partial charge on any atom is 0.160 e. The van der Waals surface area contributed by atoms with Gasteiger partial charge in [-0.25, -0.2) is 13.5 Å². The fourth-order valence-corrected chi connectivity index (χ4v) is 3.08. The Morgan fingerprint density at radius 3 is 2.73 bits per heavy atom. The van der Waals surface area contributed by atoms with Crippen LogP contribution in [0.1, 0.15) is 0 Å². The zero-order valence-corrected chi connectivity index (χ0v) is 14.2. The van der Waals surface area contributed by atoms with Crippen LogP contribution in [0.15, 0.2) is 42.6 Å². The highest BCUT2D eigenvalue weighted by Gasteiger charge is 2.13. The van der Waals surface area contributed by atoms with Gasteiger partial charge in [-0.05, 0) is 24.3 Å². The van der Waals surface area contributed by atoms with Gasteiger partial charge in [-0.1, -0.05) is 6.07 Å². The molecule has 0 amide bonds. The average molecular weight is 359 g/mol. The van der Waals surface area contributed by atoms with Crippen LogP contribution >= 0.6 is 0 Å². The molecule has 3 aromatic rings. The molecule has 0 N–H and O–H groups in total. The Kier molecular flexibility index (Phi) is 4.81. The smallest absolute Gasteiger partial charge is 0.160 e. The van der Waals surface area contributed by atoms with Crippen LogP contribution in [-0.4, -0.2) is 54.1 Å². The van der Waals surface area contributed by atoms with Crippen LogP contribution in [0.4, 0.5) is 8.78 Å². The third kappa shape index (κ3) is 3.40. The molecule has 2 heterocycles. The van der Waals surface area contributed by atoms with E-state index in [9.17, 15) is 8.78 Å². The molecular formula is C19H19F2N3O2. The predicted octanol–water partition coefficient (Wildman–Crippen LogP) is 3.01. The molecule has 0 saturated carbocycles. The Hall–Kier alpha value is -2.51. The third-order valence-electron chi connectivity index (χ3n) is 4.49. The molecule has 0 bridgehead atoms. The quantitative estimate of drug-likeness (QED) is 0.702. The maximum atomic E-state index is 13.5. The second-order valence-electron chi connectivity index (χ2n) is 6.15. The van der Waals surface area contributed by atoms with E-state index in [0.717, 1.165) is 61.6 Å². The summed E-state index contributed by atoms with van der Waals surface area (Å²) in [5.74, 6) is -1.05. The van der Waals surface area contributed by atoms with Gasteiger partial charge >= 0.3 is 0 Å². The van der Waals surface area contributed by atoms with E-state index in [-0.39, 0.29) is 0 Å². The molecule has 0 spiro atoms. The zero-order chi connectivity index (χ0) is 17.9. The molecule has 1 saturated heterocycles. The second kappa shape index (κ2) is 7.39. The molecule has 4 rings (SSSR count). The standard InChI is InChI=1S/C19H19F2N3O2/c20-16-5-4-14(12-17(16)21)24-18-2-1-3-19(15(18)13-22-24)26-11-8-23-6-9-25-10-7-23/h1-5,12-13H,6-11H2. The molecule has 5 nitrogen and oxygen atoms in total. The highest BCUT2D eigenvalue weighted by Crippen LogP contribution is 2.27. The van der Waals surface area contributed by atoms with Crippen molar-refractivity contribution < 1.29 is 18.3 Å². The van der Waals surface area contributed by atoms with Crippen molar-refractivity contribution in [1.29, 1.82) is 0 Å². The first-order chi connectivity index (χ1) is 12.7. The summed E-state index contributed by atoms with van der Waals surface area (Å²) in [6, 6.07) is 9.35. The molecule has 136 valence electrons. The van der Waals surface area contributed by atoms with Gasteiger partial charge in [0.25, 0.3) is 0 Å². The molecule has 1 aromatic heterocycles. The van der Waals surface area contributed by atoms with Crippen molar-refractivity contribution in [2.75, 3.05) is 39.5 Å². The van der Waals surface area contributed by atoms with Gasteiger partial charge in [0.2, 0.25) is 0 Å². The van der Waals surface area contributed by atoms with Gasteiger partial charge in [0.05, 0.1) is 36.0 Å². The van der Waals surface area contributed by atoms with Crippen molar-refractivity contribution in [3.05, 3.63) is 54.2 Å². The van der Waals surface area contributed by atoms with Gasteiger partial charge in [-0.3, -0.25) is 4.90 Å². The Morgan fingerprint density at radius 1 is 1.08 bits per heavy atom. The normalized spacial score (nSPS) is 15.5. The molecule has 7 heteroatoms. The number of aromatic nitrogens is 2. The van der Waals surface area contributed by atoms with Crippen molar-refractivity contribution in [3.63, 3.8) is 0 Å². The Labute approximate surface area is 149 Å². The van der Waals surface area contributed by atoms with Crippen LogP contribution in [0.5, 0.6) is 5.75 Å². The van der Waals surface area contributed by atoms with Crippen LogP contribution in [0.3, 0.4) is 0 Å². The minimum atomic E-state index is -0.899. The van der Waals surface area contributed by atoms with Crippen molar-refractivity contribution in [3.8, 4) is 11.4 Å². The van der Waals surface area contributed by atoms with Crippen LogP contribution in [0, 0.1) is 11.6 Å². The minimum absolute atomic E-state index is 0.462. The lowest BCUT2D eigenvalue weighted by Crippen LogP contribution is -2.38. The summed E-state index contributed by atoms with van der Waals surface area (Å²) in [6.07, 6.45) is 1.68. The highest BCUT2D eigenvalue weighted by atomic mass is 19.2. The topological polar surface area (TPSA) is 39.5 Å². The van der Waals surface area contributed by atoms with E-state index in [0.29, 0.717) is 12.3 Å². The highest BCUT2D eigenvalue weighted by molar-refractivity contribution is 5.86. The monoisotopic (exact) mass is 359 g/mol. The second-order valence-corrected chi connectivity index (χ2v) is 6.15. The van der Waals surface area contributed by atoms with Crippen LogP contribution in [0.2, 0.25) is 0 Å². The van der Waals surface area contributed by atoms with E-state index in [2.05, 4.69) is 10.00 Å². The van der Waals surface area contributed by atoms with Gasteiger partial charge in [0, 0.05) is 25.7 Å². The van der Waals surface area contributed by atoms with Gasteiger partial charge in [-0.15, -0.1) is 0 Å². The molecule has 1 fully saturated rings. The van der Waals surface area contributed by atoms with Crippen LogP contribution < -0.4 is 4.74 Å². The fourth-order valence-electron chi connectivity index (χ4n) is 3.08. The molecule has 0 unspecified atom stereocenters. The van der Waals surface area contributed by atoms with E-state index in [1.165, 1.54) is 6.07 Å². The number of halogens is 2.